The number of rotatable bonds is 4. The molecule has 4 heteroatoms. The van der Waals surface area contributed by atoms with E-state index in [0.717, 1.165) is 5.69 Å². The summed E-state index contributed by atoms with van der Waals surface area (Å²) in [5.41, 5.74) is 0.833. The number of carbonyl (C=O) groups is 1. The van der Waals surface area contributed by atoms with Crippen molar-refractivity contribution in [1.29, 1.82) is 0 Å². The summed E-state index contributed by atoms with van der Waals surface area (Å²) < 4.78 is 1.40. The van der Waals surface area contributed by atoms with E-state index in [2.05, 4.69) is 0 Å². The highest BCUT2D eigenvalue weighted by atomic mass is 16.3. The van der Waals surface area contributed by atoms with Gasteiger partial charge < -0.3 is 10.2 Å². The molecular weight excluding hydrogens is 206 g/mol. The molecule has 1 aromatic heterocycles. The zero-order valence-corrected chi connectivity index (χ0v) is 9.92. The molecule has 0 bridgehead atoms. The van der Waals surface area contributed by atoms with E-state index in [1.807, 2.05) is 13.0 Å². The Balaban J connectivity index is 2.86. The zero-order chi connectivity index (χ0) is 12.3. The molecule has 0 saturated carbocycles. The Morgan fingerprint density at radius 2 is 2.06 bits per heavy atom. The molecule has 1 aromatic rings. The lowest BCUT2D eigenvalue weighted by Crippen LogP contribution is -2.40. The molecule has 0 aromatic carbocycles. The number of aryl methyl sites for hydroxylation is 1. The van der Waals surface area contributed by atoms with Crippen molar-refractivity contribution in [3.8, 4) is 0 Å². The number of carbonyl (C=O) groups excluding carboxylic acids is 1. The van der Waals surface area contributed by atoms with Crippen molar-refractivity contribution in [1.82, 2.24) is 4.57 Å². The first-order chi connectivity index (χ1) is 7.49. The molecule has 0 fully saturated rings. The lowest BCUT2D eigenvalue weighted by molar-refractivity contribution is -0.00487. The molecule has 0 aliphatic rings. The van der Waals surface area contributed by atoms with Crippen molar-refractivity contribution in [3.63, 3.8) is 0 Å². The molecule has 0 amide bonds. The van der Waals surface area contributed by atoms with Crippen molar-refractivity contribution in [2.24, 2.45) is 5.92 Å². The summed E-state index contributed by atoms with van der Waals surface area (Å²) in [7, 11) is 0. The first-order valence-corrected chi connectivity index (χ1v) is 5.55. The second-order valence-corrected chi connectivity index (χ2v) is 4.24. The normalized spacial score (nSPS) is 15.1. The van der Waals surface area contributed by atoms with E-state index in [4.69, 9.17) is 0 Å². The highest BCUT2D eigenvalue weighted by molar-refractivity contribution is 5.84. The summed E-state index contributed by atoms with van der Waals surface area (Å²) in [6, 6.07) is 3.58. The van der Waals surface area contributed by atoms with Gasteiger partial charge in [-0.1, -0.05) is 20.8 Å². The average molecular weight is 225 g/mol. The van der Waals surface area contributed by atoms with Crippen LogP contribution in [0.5, 0.6) is 0 Å². The molecule has 90 valence electrons. The number of aliphatic hydroxyl groups is 2. The lowest BCUT2D eigenvalue weighted by Gasteiger charge is -2.20. The summed E-state index contributed by atoms with van der Waals surface area (Å²) in [5, 5.41) is 19.4. The summed E-state index contributed by atoms with van der Waals surface area (Å²) in [6.07, 6.45) is -0.0713. The maximum absolute atomic E-state index is 11.9. The minimum absolute atomic E-state index is 0.153. The van der Waals surface area contributed by atoms with Crippen LogP contribution in [0, 0.1) is 5.92 Å². The molecule has 1 heterocycles. The molecule has 16 heavy (non-hydrogen) atoms. The van der Waals surface area contributed by atoms with Crippen LogP contribution in [-0.2, 0) is 6.42 Å². The first kappa shape index (κ1) is 12.9. The first-order valence-electron chi connectivity index (χ1n) is 5.55. The van der Waals surface area contributed by atoms with Crippen LogP contribution in [0.1, 0.15) is 31.3 Å². The van der Waals surface area contributed by atoms with Crippen molar-refractivity contribution >= 4 is 5.91 Å². The Bertz CT molecular complexity index is 357. The smallest absolute Gasteiger partial charge is 0.262 e. The second-order valence-electron chi connectivity index (χ2n) is 4.24. The number of aliphatic hydroxyl groups excluding tert-OH is 2. The van der Waals surface area contributed by atoms with Crippen LogP contribution in [-0.4, -0.2) is 32.9 Å². The third-order valence-corrected chi connectivity index (χ3v) is 2.69. The van der Waals surface area contributed by atoms with E-state index >= 15 is 0 Å². The summed E-state index contributed by atoms with van der Waals surface area (Å²) in [4.78, 5) is 11.9. The van der Waals surface area contributed by atoms with Gasteiger partial charge in [0, 0.05) is 11.9 Å². The molecule has 1 rings (SSSR count). The Morgan fingerprint density at radius 3 is 2.56 bits per heavy atom. The van der Waals surface area contributed by atoms with E-state index in [1.54, 1.807) is 26.1 Å². The third kappa shape index (κ3) is 2.51. The highest BCUT2D eigenvalue weighted by Gasteiger charge is 2.28. The second kappa shape index (κ2) is 5.27. The third-order valence-electron chi connectivity index (χ3n) is 2.69. The van der Waals surface area contributed by atoms with Gasteiger partial charge in [0.1, 0.15) is 0 Å². The fourth-order valence-electron chi connectivity index (χ4n) is 1.57. The standard InChI is InChI=1S/C12H19NO3/c1-4-9-6-5-7-13(9)12(16)11(15)10(14)8(2)3/h5-8,10-11,14-15H,4H2,1-3H3/t10-,11+/m1/s1. The Hall–Kier alpha value is -1.13. The SMILES string of the molecule is CCc1cccn1C(=O)[C@@H](O)[C@H](O)C(C)C. The molecule has 2 N–H and O–H groups in total. The van der Waals surface area contributed by atoms with E-state index < -0.39 is 18.1 Å². The van der Waals surface area contributed by atoms with Gasteiger partial charge in [0.15, 0.2) is 6.10 Å². The van der Waals surface area contributed by atoms with E-state index in [0.29, 0.717) is 6.42 Å². The van der Waals surface area contributed by atoms with Gasteiger partial charge in [-0.25, -0.2) is 0 Å². The van der Waals surface area contributed by atoms with Gasteiger partial charge in [-0.05, 0) is 24.5 Å². The zero-order valence-electron chi connectivity index (χ0n) is 9.92. The number of aromatic nitrogens is 1. The van der Waals surface area contributed by atoms with E-state index in [-0.39, 0.29) is 5.92 Å². The monoisotopic (exact) mass is 225 g/mol. The predicted octanol–water partition coefficient (Wildman–Crippen LogP) is 1.07. The number of hydrogen-bond acceptors (Lipinski definition) is 3. The van der Waals surface area contributed by atoms with E-state index in [1.165, 1.54) is 4.57 Å². The largest absolute Gasteiger partial charge is 0.390 e. The molecule has 0 aliphatic carbocycles. The Labute approximate surface area is 95.5 Å². The minimum Gasteiger partial charge on any atom is -0.390 e. The quantitative estimate of drug-likeness (QED) is 0.805. The van der Waals surface area contributed by atoms with Crippen molar-refractivity contribution in [3.05, 3.63) is 24.0 Å². The van der Waals surface area contributed by atoms with Crippen LogP contribution >= 0.6 is 0 Å². The van der Waals surface area contributed by atoms with Crippen LogP contribution in [0.25, 0.3) is 0 Å². The highest BCUT2D eigenvalue weighted by Crippen LogP contribution is 2.11. The lowest BCUT2D eigenvalue weighted by atomic mass is 10.0. The van der Waals surface area contributed by atoms with Gasteiger partial charge in [0.2, 0.25) is 0 Å². The topological polar surface area (TPSA) is 62.5 Å². The number of nitrogens with zero attached hydrogens (tertiary/aromatic N) is 1. The van der Waals surface area contributed by atoms with Crippen LogP contribution in [0.2, 0.25) is 0 Å². The van der Waals surface area contributed by atoms with Crippen LogP contribution in [0.3, 0.4) is 0 Å². The fourth-order valence-corrected chi connectivity index (χ4v) is 1.57. The molecule has 0 radical (unpaired) electrons. The van der Waals surface area contributed by atoms with Gasteiger partial charge in [0.05, 0.1) is 6.10 Å². The number of hydrogen-bond donors (Lipinski definition) is 2. The molecular formula is C12H19NO3. The fraction of sp³-hybridized carbons (Fsp3) is 0.583. The van der Waals surface area contributed by atoms with Crippen LogP contribution < -0.4 is 0 Å². The predicted molar refractivity (Wildman–Crippen MR) is 61.3 cm³/mol. The van der Waals surface area contributed by atoms with E-state index in [9.17, 15) is 15.0 Å². The summed E-state index contributed by atoms with van der Waals surface area (Å²) >= 11 is 0. The summed E-state index contributed by atoms with van der Waals surface area (Å²) in [5.74, 6) is -0.623. The van der Waals surface area contributed by atoms with Gasteiger partial charge in [-0.3, -0.25) is 9.36 Å². The maximum atomic E-state index is 11.9. The van der Waals surface area contributed by atoms with Crippen LogP contribution in [0.15, 0.2) is 18.3 Å². The van der Waals surface area contributed by atoms with Gasteiger partial charge >= 0.3 is 0 Å². The molecule has 0 saturated heterocycles. The maximum Gasteiger partial charge on any atom is 0.262 e. The summed E-state index contributed by atoms with van der Waals surface area (Å²) in [6.45, 7) is 5.46. The van der Waals surface area contributed by atoms with Crippen LogP contribution in [0.4, 0.5) is 0 Å². The molecule has 2 atom stereocenters. The Kier molecular flexibility index (Phi) is 4.26. The van der Waals surface area contributed by atoms with Crippen molar-refractivity contribution in [2.45, 2.75) is 39.4 Å². The average Bonchev–Trinajstić information content (AvgIpc) is 2.73. The van der Waals surface area contributed by atoms with Gasteiger partial charge in [-0.2, -0.15) is 0 Å². The van der Waals surface area contributed by atoms with Crippen molar-refractivity contribution in [2.75, 3.05) is 0 Å². The van der Waals surface area contributed by atoms with Crippen molar-refractivity contribution < 1.29 is 15.0 Å². The van der Waals surface area contributed by atoms with Gasteiger partial charge in [0.25, 0.3) is 5.91 Å². The molecule has 0 aliphatic heterocycles. The minimum atomic E-state index is -1.36. The Morgan fingerprint density at radius 1 is 1.44 bits per heavy atom. The molecule has 4 nitrogen and oxygen atoms in total. The molecule has 0 unspecified atom stereocenters. The van der Waals surface area contributed by atoms with Gasteiger partial charge in [-0.15, -0.1) is 0 Å². The molecule has 0 spiro atoms.